The Labute approximate surface area is 112 Å². The van der Waals surface area contributed by atoms with Crippen LogP contribution in [0.2, 0.25) is 0 Å². The SMILES string of the molecule is NC(=S)C1(C(=O)NC2CCSCC2)CCCC1. The summed E-state index contributed by atoms with van der Waals surface area (Å²) in [6.07, 6.45) is 5.93. The van der Waals surface area contributed by atoms with Crippen LogP contribution in [0.1, 0.15) is 38.5 Å². The maximum absolute atomic E-state index is 12.4. The number of thiocarbonyl (C=S) groups is 1. The molecule has 0 unspecified atom stereocenters. The lowest BCUT2D eigenvalue weighted by Gasteiger charge is -2.30. The predicted octanol–water partition coefficient (Wildman–Crippen LogP) is 1.84. The minimum absolute atomic E-state index is 0.0828. The summed E-state index contributed by atoms with van der Waals surface area (Å²) in [6, 6.07) is 0.329. The zero-order valence-electron chi connectivity index (χ0n) is 10.0. The van der Waals surface area contributed by atoms with Gasteiger partial charge in [-0.05, 0) is 37.2 Å². The quantitative estimate of drug-likeness (QED) is 0.770. The molecule has 1 heterocycles. The highest BCUT2D eigenvalue weighted by Gasteiger charge is 2.44. The summed E-state index contributed by atoms with van der Waals surface area (Å²) in [4.78, 5) is 12.8. The molecule has 3 nitrogen and oxygen atoms in total. The molecular weight excluding hydrogens is 252 g/mol. The summed E-state index contributed by atoms with van der Waals surface area (Å²) >= 11 is 7.09. The zero-order chi connectivity index (χ0) is 12.3. The number of carbonyl (C=O) groups excluding carboxylic acids is 1. The van der Waals surface area contributed by atoms with E-state index in [4.69, 9.17) is 18.0 Å². The zero-order valence-corrected chi connectivity index (χ0v) is 11.7. The summed E-state index contributed by atoms with van der Waals surface area (Å²) in [7, 11) is 0. The monoisotopic (exact) mass is 272 g/mol. The van der Waals surface area contributed by atoms with Crippen LogP contribution >= 0.6 is 24.0 Å². The number of hydrogen-bond acceptors (Lipinski definition) is 3. The molecule has 0 spiro atoms. The summed E-state index contributed by atoms with van der Waals surface area (Å²) in [6.45, 7) is 0. The van der Waals surface area contributed by atoms with Gasteiger partial charge in [0.1, 0.15) is 0 Å². The molecule has 1 amide bonds. The van der Waals surface area contributed by atoms with E-state index in [-0.39, 0.29) is 5.91 Å². The summed E-state index contributed by atoms with van der Waals surface area (Å²) in [5.41, 5.74) is 5.26. The van der Waals surface area contributed by atoms with E-state index in [1.54, 1.807) is 0 Å². The minimum Gasteiger partial charge on any atom is -0.392 e. The van der Waals surface area contributed by atoms with Crippen LogP contribution < -0.4 is 11.1 Å². The van der Waals surface area contributed by atoms with E-state index in [9.17, 15) is 4.79 Å². The lowest BCUT2D eigenvalue weighted by molar-refractivity contribution is -0.128. The van der Waals surface area contributed by atoms with Gasteiger partial charge in [-0.2, -0.15) is 11.8 Å². The van der Waals surface area contributed by atoms with E-state index in [1.807, 2.05) is 11.8 Å². The third kappa shape index (κ3) is 2.76. The molecule has 1 aliphatic heterocycles. The number of nitrogens with one attached hydrogen (secondary N) is 1. The van der Waals surface area contributed by atoms with Gasteiger partial charge in [-0.25, -0.2) is 0 Å². The molecule has 0 radical (unpaired) electrons. The van der Waals surface area contributed by atoms with E-state index in [2.05, 4.69) is 5.32 Å². The molecule has 1 aliphatic carbocycles. The highest BCUT2D eigenvalue weighted by Crippen LogP contribution is 2.39. The molecule has 0 aromatic carbocycles. The van der Waals surface area contributed by atoms with Gasteiger partial charge in [-0.1, -0.05) is 25.1 Å². The second-order valence-corrected chi connectivity index (χ2v) is 6.68. The maximum Gasteiger partial charge on any atom is 0.233 e. The molecule has 1 saturated heterocycles. The number of nitrogens with two attached hydrogens (primary N) is 1. The Balaban J connectivity index is 1.99. The van der Waals surface area contributed by atoms with Gasteiger partial charge in [0.15, 0.2) is 0 Å². The molecule has 2 rings (SSSR count). The average Bonchev–Trinajstić information content (AvgIpc) is 2.80. The van der Waals surface area contributed by atoms with Crippen LogP contribution in [-0.4, -0.2) is 28.4 Å². The van der Waals surface area contributed by atoms with Gasteiger partial charge in [0.05, 0.1) is 10.4 Å². The topological polar surface area (TPSA) is 55.1 Å². The number of hydrogen-bond donors (Lipinski definition) is 2. The lowest BCUT2D eigenvalue weighted by Crippen LogP contribution is -2.50. The van der Waals surface area contributed by atoms with E-state index in [0.29, 0.717) is 11.0 Å². The Morgan fingerprint density at radius 3 is 2.41 bits per heavy atom. The van der Waals surface area contributed by atoms with Gasteiger partial charge in [-0.15, -0.1) is 0 Å². The maximum atomic E-state index is 12.4. The third-order valence-electron chi connectivity index (χ3n) is 3.92. The second kappa shape index (κ2) is 5.57. The lowest BCUT2D eigenvalue weighted by atomic mass is 9.84. The van der Waals surface area contributed by atoms with Crippen LogP contribution in [-0.2, 0) is 4.79 Å². The molecule has 0 atom stereocenters. The van der Waals surface area contributed by atoms with Gasteiger partial charge < -0.3 is 11.1 Å². The van der Waals surface area contributed by atoms with Crippen LogP contribution in [0.3, 0.4) is 0 Å². The summed E-state index contributed by atoms with van der Waals surface area (Å²) in [5.74, 6) is 2.37. The smallest absolute Gasteiger partial charge is 0.233 e. The minimum atomic E-state index is -0.542. The Hall–Kier alpha value is -0.290. The van der Waals surface area contributed by atoms with Crippen molar-refractivity contribution >= 4 is 34.9 Å². The molecule has 1 saturated carbocycles. The average molecular weight is 272 g/mol. The molecule has 0 bridgehead atoms. The fraction of sp³-hybridized carbons (Fsp3) is 0.833. The highest BCUT2D eigenvalue weighted by atomic mass is 32.2. The van der Waals surface area contributed by atoms with Gasteiger partial charge in [0.25, 0.3) is 0 Å². The summed E-state index contributed by atoms with van der Waals surface area (Å²) < 4.78 is 0. The van der Waals surface area contributed by atoms with E-state index >= 15 is 0 Å². The predicted molar refractivity (Wildman–Crippen MR) is 76.2 cm³/mol. The first-order valence-electron chi connectivity index (χ1n) is 6.34. The standard InChI is InChI=1S/C12H20N2OS2/c13-10(16)12(5-1-2-6-12)11(15)14-9-3-7-17-8-4-9/h9H,1-8H2,(H2,13,16)(H,14,15). The number of thioether (sulfide) groups is 1. The molecule has 5 heteroatoms. The van der Waals surface area contributed by atoms with Crippen molar-refractivity contribution in [3.63, 3.8) is 0 Å². The van der Waals surface area contributed by atoms with Crippen LogP contribution in [0, 0.1) is 5.41 Å². The number of amides is 1. The molecular formula is C12H20N2OS2. The first-order chi connectivity index (χ1) is 8.15. The Morgan fingerprint density at radius 2 is 1.88 bits per heavy atom. The fourth-order valence-electron chi connectivity index (χ4n) is 2.73. The van der Waals surface area contributed by atoms with E-state index in [0.717, 1.165) is 50.0 Å². The van der Waals surface area contributed by atoms with Crippen molar-refractivity contribution in [2.75, 3.05) is 11.5 Å². The van der Waals surface area contributed by atoms with Crippen molar-refractivity contribution in [3.8, 4) is 0 Å². The molecule has 17 heavy (non-hydrogen) atoms. The number of carbonyl (C=O) groups is 1. The van der Waals surface area contributed by atoms with Gasteiger partial charge in [0, 0.05) is 6.04 Å². The van der Waals surface area contributed by atoms with Crippen LogP contribution in [0.4, 0.5) is 0 Å². The molecule has 3 N–H and O–H groups in total. The van der Waals surface area contributed by atoms with Gasteiger partial charge in [0.2, 0.25) is 5.91 Å². The van der Waals surface area contributed by atoms with Crippen molar-refractivity contribution in [1.82, 2.24) is 5.32 Å². The fourth-order valence-corrected chi connectivity index (χ4v) is 4.13. The Morgan fingerprint density at radius 1 is 1.29 bits per heavy atom. The van der Waals surface area contributed by atoms with Crippen LogP contribution in [0.5, 0.6) is 0 Å². The molecule has 0 aromatic rings. The first kappa shape index (κ1) is 13.1. The Bertz CT molecular complexity index is 308. The van der Waals surface area contributed by atoms with Crippen LogP contribution in [0.15, 0.2) is 0 Å². The molecule has 0 aromatic heterocycles. The van der Waals surface area contributed by atoms with Gasteiger partial charge >= 0.3 is 0 Å². The van der Waals surface area contributed by atoms with Crippen molar-refractivity contribution < 1.29 is 4.79 Å². The number of rotatable bonds is 3. The van der Waals surface area contributed by atoms with Crippen molar-refractivity contribution in [1.29, 1.82) is 0 Å². The van der Waals surface area contributed by atoms with Crippen molar-refractivity contribution in [2.45, 2.75) is 44.6 Å². The molecule has 2 aliphatic rings. The summed E-state index contributed by atoms with van der Waals surface area (Å²) in [5, 5.41) is 3.16. The molecule has 96 valence electrons. The van der Waals surface area contributed by atoms with Crippen molar-refractivity contribution in [2.24, 2.45) is 11.1 Å². The largest absolute Gasteiger partial charge is 0.392 e. The Kier molecular flexibility index (Phi) is 4.31. The normalized spacial score (nSPS) is 24.5. The van der Waals surface area contributed by atoms with E-state index < -0.39 is 5.41 Å². The van der Waals surface area contributed by atoms with Crippen LogP contribution in [0.25, 0.3) is 0 Å². The van der Waals surface area contributed by atoms with Gasteiger partial charge in [-0.3, -0.25) is 4.79 Å². The first-order valence-corrected chi connectivity index (χ1v) is 7.90. The third-order valence-corrected chi connectivity index (χ3v) is 5.36. The second-order valence-electron chi connectivity index (χ2n) is 5.01. The highest BCUT2D eigenvalue weighted by molar-refractivity contribution is 7.99. The van der Waals surface area contributed by atoms with Crippen molar-refractivity contribution in [3.05, 3.63) is 0 Å². The van der Waals surface area contributed by atoms with E-state index in [1.165, 1.54) is 0 Å². The molecule has 2 fully saturated rings.